The molecule has 0 heterocycles. The van der Waals surface area contributed by atoms with E-state index in [4.69, 9.17) is 0 Å². The van der Waals surface area contributed by atoms with Crippen LogP contribution >= 0.6 is 0 Å². The Balaban J connectivity index is 2.57. The first-order valence-electron chi connectivity index (χ1n) is 2.38. The number of hydrogen-bond donors (Lipinski definition) is 0. The molecule has 0 saturated heterocycles. The Morgan fingerprint density at radius 1 is 1.57 bits per heavy atom. The van der Waals surface area contributed by atoms with Crippen LogP contribution in [0, 0.1) is 0 Å². The molecule has 0 aromatic heterocycles. The molecule has 0 radical (unpaired) electrons. The fraction of sp³-hybridized carbons (Fsp3) is 0.333. The second-order valence-corrected chi connectivity index (χ2v) is 2.22. The van der Waals surface area contributed by atoms with Gasteiger partial charge in [0, 0.05) is 0 Å². The molecule has 0 nitrogen and oxygen atoms in total. The minimum absolute atomic E-state index is 1.12. The van der Waals surface area contributed by atoms with Gasteiger partial charge in [-0.15, -0.1) is 0 Å². The van der Waals surface area contributed by atoms with Gasteiger partial charge in [0.1, 0.15) is 0 Å². The Kier molecular flexibility index (Phi) is 1.71. The van der Waals surface area contributed by atoms with Crippen LogP contribution in [0.25, 0.3) is 0 Å². The molecule has 0 unspecified atom stereocenters. The normalized spacial score (nSPS) is 19.4. The van der Waals surface area contributed by atoms with Crippen LogP contribution in [0.3, 0.4) is 0 Å². The molecule has 1 rings (SSSR count). The fourth-order valence-corrected chi connectivity index (χ4v) is 0.813. The van der Waals surface area contributed by atoms with E-state index in [1.807, 2.05) is 12.2 Å². The number of allylic oxidation sites excluding steroid dienone is 4. The van der Waals surface area contributed by atoms with Crippen LogP contribution in [0.1, 0.15) is 12.8 Å². The topological polar surface area (TPSA) is 0 Å². The standard InChI is InChI=1S/C6H7.Co/c1-2-4-6-5-3-1;/h1-3H,4,6H2;. The molecular formula is C6H7Co. The molecule has 0 atom stereocenters. The summed E-state index contributed by atoms with van der Waals surface area (Å²) in [7, 11) is 0. The quantitative estimate of drug-likeness (QED) is 0.478. The van der Waals surface area contributed by atoms with Crippen molar-refractivity contribution in [3.63, 3.8) is 0 Å². The Labute approximate surface area is 51.9 Å². The van der Waals surface area contributed by atoms with Crippen LogP contribution in [-0.4, -0.2) is 0 Å². The van der Waals surface area contributed by atoms with Gasteiger partial charge in [-0.1, -0.05) is 0 Å². The number of rotatable bonds is 0. The van der Waals surface area contributed by atoms with E-state index in [-0.39, 0.29) is 0 Å². The van der Waals surface area contributed by atoms with Gasteiger partial charge in [0.25, 0.3) is 0 Å². The van der Waals surface area contributed by atoms with Gasteiger partial charge in [-0.2, -0.15) is 0 Å². The van der Waals surface area contributed by atoms with Gasteiger partial charge in [0.05, 0.1) is 0 Å². The third-order valence-electron chi connectivity index (χ3n) is 0.944. The predicted molar refractivity (Wildman–Crippen MR) is 26.5 cm³/mol. The molecule has 7 heavy (non-hydrogen) atoms. The zero-order chi connectivity index (χ0) is 5.11. The average Bonchev–Trinajstić information content (AvgIpc) is 1.69. The maximum absolute atomic E-state index is 4.22. The Hall–Kier alpha value is -0.0135. The molecule has 0 aliphatic heterocycles. The van der Waals surface area contributed by atoms with Crippen LogP contribution < -0.4 is 0 Å². The molecule has 1 aliphatic carbocycles. The molecule has 0 aromatic rings. The van der Waals surface area contributed by atoms with Gasteiger partial charge < -0.3 is 0 Å². The summed E-state index contributed by atoms with van der Waals surface area (Å²) in [5.74, 6) is 0. The van der Waals surface area contributed by atoms with Crippen molar-refractivity contribution < 1.29 is 15.7 Å². The van der Waals surface area contributed by atoms with Crippen molar-refractivity contribution in [2.75, 3.05) is 0 Å². The van der Waals surface area contributed by atoms with Crippen molar-refractivity contribution in [1.82, 2.24) is 0 Å². The molecule has 0 N–H and O–H groups in total. The molecular weight excluding hydrogens is 131 g/mol. The summed E-state index contributed by atoms with van der Waals surface area (Å²) in [5, 5.41) is 0. The van der Waals surface area contributed by atoms with E-state index in [9.17, 15) is 0 Å². The van der Waals surface area contributed by atoms with Crippen LogP contribution in [0.2, 0.25) is 0 Å². The molecule has 0 aromatic carbocycles. The van der Waals surface area contributed by atoms with Gasteiger partial charge in [-0.05, 0) is 0 Å². The van der Waals surface area contributed by atoms with Crippen LogP contribution in [0.15, 0.2) is 22.7 Å². The molecule has 0 amide bonds. The molecule has 0 saturated carbocycles. The van der Waals surface area contributed by atoms with Crippen molar-refractivity contribution in [3.8, 4) is 0 Å². The molecule has 0 fully saturated rings. The first kappa shape index (κ1) is 5.13. The number of hydrogen-bond acceptors (Lipinski definition) is 0. The van der Waals surface area contributed by atoms with E-state index in [2.05, 4.69) is 21.8 Å². The second-order valence-electron chi connectivity index (χ2n) is 1.55. The second kappa shape index (κ2) is 2.33. The molecule has 1 aliphatic rings. The monoisotopic (exact) mass is 138 g/mol. The molecule has 1 heteroatoms. The zero-order valence-corrected chi connectivity index (χ0v) is 5.02. The Morgan fingerprint density at radius 3 is 2.71 bits per heavy atom. The Bertz CT molecular complexity index is 111. The first-order chi connectivity index (χ1) is 3.39. The third kappa shape index (κ3) is 1.49. The Morgan fingerprint density at radius 2 is 2.43 bits per heavy atom. The van der Waals surface area contributed by atoms with Gasteiger partial charge >= 0.3 is 51.3 Å². The maximum atomic E-state index is 4.22. The molecule has 40 valence electrons. The van der Waals surface area contributed by atoms with Crippen molar-refractivity contribution in [1.29, 1.82) is 0 Å². The summed E-state index contributed by atoms with van der Waals surface area (Å²) in [6.07, 6.45) is 8.51. The van der Waals surface area contributed by atoms with E-state index in [0.29, 0.717) is 0 Å². The van der Waals surface area contributed by atoms with Crippen molar-refractivity contribution >= 4 is 0 Å². The van der Waals surface area contributed by atoms with Crippen molar-refractivity contribution in [3.05, 3.63) is 22.7 Å². The van der Waals surface area contributed by atoms with E-state index >= 15 is 0 Å². The van der Waals surface area contributed by atoms with E-state index in [0.717, 1.165) is 12.8 Å². The van der Waals surface area contributed by atoms with E-state index in [1.54, 1.807) is 0 Å². The summed E-state index contributed by atoms with van der Waals surface area (Å²) >= 11 is 4.22. The summed E-state index contributed by atoms with van der Waals surface area (Å²) in [4.78, 5) is 0. The van der Waals surface area contributed by atoms with Gasteiger partial charge in [0.15, 0.2) is 0 Å². The zero-order valence-electron chi connectivity index (χ0n) is 3.98. The SMILES string of the molecule is [Co][C]1=CC=CCC1. The summed E-state index contributed by atoms with van der Waals surface area (Å²) < 4.78 is 1.19. The summed E-state index contributed by atoms with van der Waals surface area (Å²) in [6.45, 7) is 0. The van der Waals surface area contributed by atoms with Gasteiger partial charge in [0.2, 0.25) is 0 Å². The minimum atomic E-state index is 1.12. The molecule has 0 spiro atoms. The van der Waals surface area contributed by atoms with E-state index < -0.39 is 0 Å². The van der Waals surface area contributed by atoms with Crippen LogP contribution in [-0.2, 0) is 15.7 Å². The van der Waals surface area contributed by atoms with Gasteiger partial charge in [-0.25, -0.2) is 0 Å². The van der Waals surface area contributed by atoms with Crippen LogP contribution in [0.4, 0.5) is 0 Å². The first-order valence-corrected chi connectivity index (χ1v) is 2.90. The third-order valence-corrected chi connectivity index (χ3v) is 1.38. The predicted octanol–water partition coefficient (Wildman–Crippen LogP) is 1.77. The van der Waals surface area contributed by atoms with Crippen molar-refractivity contribution in [2.24, 2.45) is 0 Å². The van der Waals surface area contributed by atoms with Gasteiger partial charge in [-0.3, -0.25) is 0 Å². The summed E-state index contributed by atoms with van der Waals surface area (Å²) in [5.41, 5.74) is 0. The fourth-order valence-electron chi connectivity index (χ4n) is 0.562. The van der Waals surface area contributed by atoms with E-state index in [1.165, 1.54) is 4.51 Å². The van der Waals surface area contributed by atoms with Crippen molar-refractivity contribution in [2.45, 2.75) is 12.8 Å². The molecule has 0 bridgehead atoms. The summed E-state index contributed by atoms with van der Waals surface area (Å²) in [6, 6.07) is 0. The van der Waals surface area contributed by atoms with Crippen LogP contribution in [0.5, 0.6) is 0 Å². The average molecular weight is 138 g/mol.